The van der Waals surface area contributed by atoms with Crippen LogP contribution in [0.3, 0.4) is 0 Å². The zero-order valence-electron chi connectivity index (χ0n) is 26.1. The molecule has 0 aliphatic heterocycles. The summed E-state index contributed by atoms with van der Waals surface area (Å²) in [5, 5.41) is 12.1. The average Bonchev–Trinajstić information content (AvgIpc) is 3.55. The summed E-state index contributed by atoms with van der Waals surface area (Å²) in [6, 6.07) is 63.3. The molecule has 10 aromatic rings. The Morgan fingerprint density at radius 1 is 0.312 bits per heavy atom. The van der Waals surface area contributed by atoms with Crippen LogP contribution in [-0.4, -0.2) is 0 Å². The number of hydrogen-bond acceptors (Lipinski definition) is 2. The van der Waals surface area contributed by atoms with Crippen molar-refractivity contribution in [3.63, 3.8) is 0 Å². The molecule has 0 aliphatic rings. The molecule has 2 nitrogen and oxygen atoms in total. The molecule has 0 unspecified atom stereocenters. The average molecular weight is 612 g/mol. The van der Waals surface area contributed by atoms with Crippen LogP contribution >= 0.6 is 0 Å². The van der Waals surface area contributed by atoms with Crippen molar-refractivity contribution in [3.05, 3.63) is 176 Å². The summed E-state index contributed by atoms with van der Waals surface area (Å²) in [6.45, 7) is 0. The third kappa shape index (κ3) is 4.00. The third-order valence-electron chi connectivity index (χ3n) is 9.82. The molecule has 0 radical (unpaired) electrons. The van der Waals surface area contributed by atoms with Gasteiger partial charge in [0.25, 0.3) is 0 Å². The first-order valence-corrected chi connectivity index (χ1v) is 16.4. The molecule has 0 saturated carbocycles. The van der Waals surface area contributed by atoms with E-state index in [2.05, 4.69) is 175 Å². The Hall–Kier alpha value is -6.38. The van der Waals surface area contributed by atoms with Gasteiger partial charge in [-0.25, -0.2) is 0 Å². The van der Waals surface area contributed by atoms with E-state index in [1.165, 1.54) is 59.6 Å². The second-order valence-electron chi connectivity index (χ2n) is 12.5. The van der Waals surface area contributed by atoms with Crippen molar-refractivity contribution in [3.8, 4) is 11.1 Å². The van der Waals surface area contributed by atoms with Gasteiger partial charge in [-0.2, -0.15) is 0 Å². The second-order valence-corrected chi connectivity index (χ2v) is 12.5. The van der Waals surface area contributed by atoms with Crippen LogP contribution in [0.2, 0.25) is 0 Å². The molecule has 1 aromatic heterocycles. The first-order chi connectivity index (χ1) is 23.8. The SMILES string of the molecule is c1ccc(-c2ccc(N(c3cccc4ccccc34)c3cccc4c5ccc6oc7ccccc7c6c5c5ccccc5c34)cc2)cc1. The van der Waals surface area contributed by atoms with E-state index in [-0.39, 0.29) is 0 Å². The Morgan fingerprint density at radius 3 is 1.69 bits per heavy atom. The monoisotopic (exact) mass is 611 g/mol. The maximum absolute atomic E-state index is 6.37. The minimum Gasteiger partial charge on any atom is -0.456 e. The molecule has 0 aliphatic carbocycles. The van der Waals surface area contributed by atoms with Gasteiger partial charge in [0, 0.05) is 32.6 Å². The molecule has 10 rings (SSSR count). The van der Waals surface area contributed by atoms with Gasteiger partial charge in [-0.05, 0) is 80.5 Å². The molecule has 0 atom stereocenters. The molecule has 2 heteroatoms. The van der Waals surface area contributed by atoms with Crippen LogP contribution in [0.15, 0.2) is 180 Å². The molecule has 224 valence electrons. The first kappa shape index (κ1) is 26.8. The van der Waals surface area contributed by atoms with Crippen molar-refractivity contribution in [1.29, 1.82) is 0 Å². The zero-order valence-corrected chi connectivity index (χ0v) is 26.1. The number of benzene rings is 9. The van der Waals surface area contributed by atoms with Gasteiger partial charge >= 0.3 is 0 Å². The van der Waals surface area contributed by atoms with E-state index in [4.69, 9.17) is 4.42 Å². The highest BCUT2D eigenvalue weighted by atomic mass is 16.3. The zero-order chi connectivity index (χ0) is 31.6. The van der Waals surface area contributed by atoms with Crippen molar-refractivity contribution in [2.45, 2.75) is 0 Å². The number of furan rings is 1. The fourth-order valence-electron chi connectivity index (χ4n) is 7.72. The van der Waals surface area contributed by atoms with E-state index in [1.807, 2.05) is 6.07 Å². The number of rotatable bonds is 4. The lowest BCUT2D eigenvalue weighted by atomic mass is 9.90. The van der Waals surface area contributed by atoms with Crippen LogP contribution in [-0.2, 0) is 0 Å². The summed E-state index contributed by atoms with van der Waals surface area (Å²) in [7, 11) is 0. The summed E-state index contributed by atoms with van der Waals surface area (Å²) < 4.78 is 6.37. The molecule has 0 saturated heterocycles. The van der Waals surface area contributed by atoms with Crippen molar-refractivity contribution in [2.75, 3.05) is 4.90 Å². The molecular weight excluding hydrogens is 583 g/mol. The van der Waals surface area contributed by atoms with Crippen LogP contribution in [0.1, 0.15) is 0 Å². The summed E-state index contributed by atoms with van der Waals surface area (Å²) in [5.41, 5.74) is 7.64. The van der Waals surface area contributed by atoms with Crippen LogP contribution < -0.4 is 4.90 Å². The van der Waals surface area contributed by atoms with Crippen molar-refractivity contribution < 1.29 is 4.42 Å². The van der Waals surface area contributed by atoms with Crippen LogP contribution in [0.4, 0.5) is 17.1 Å². The van der Waals surface area contributed by atoms with Crippen molar-refractivity contribution in [2.24, 2.45) is 0 Å². The molecule has 0 spiro atoms. The van der Waals surface area contributed by atoms with Crippen LogP contribution in [0, 0.1) is 0 Å². The second kappa shape index (κ2) is 10.6. The van der Waals surface area contributed by atoms with E-state index < -0.39 is 0 Å². The quantitative estimate of drug-likeness (QED) is 0.184. The van der Waals surface area contributed by atoms with Crippen LogP contribution in [0.25, 0.3) is 76.2 Å². The Kier molecular flexibility index (Phi) is 5.91. The molecular formula is C46H29NO. The van der Waals surface area contributed by atoms with Gasteiger partial charge in [-0.1, -0.05) is 133 Å². The highest BCUT2D eigenvalue weighted by Gasteiger charge is 2.22. The molecule has 9 aromatic carbocycles. The van der Waals surface area contributed by atoms with E-state index in [0.717, 1.165) is 33.6 Å². The fraction of sp³-hybridized carbons (Fsp3) is 0. The predicted molar refractivity (Wildman–Crippen MR) is 204 cm³/mol. The lowest BCUT2D eigenvalue weighted by Crippen LogP contribution is -2.11. The summed E-state index contributed by atoms with van der Waals surface area (Å²) in [4.78, 5) is 2.45. The van der Waals surface area contributed by atoms with Gasteiger partial charge < -0.3 is 9.32 Å². The third-order valence-corrected chi connectivity index (χ3v) is 9.82. The number of fused-ring (bicyclic) bond motifs is 11. The molecule has 0 bridgehead atoms. The van der Waals surface area contributed by atoms with Gasteiger partial charge in [-0.15, -0.1) is 0 Å². The fourth-order valence-corrected chi connectivity index (χ4v) is 7.72. The lowest BCUT2D eigenvalue weighted by Gasteiger charge is -2.29. The Bertz CT molecular complexity index is 2790. The topological polar surface area (TPSA) is 16.4 Å². The standard InChI is InChI=1S/C46H29NO/c1-2-12-30(13-3-1)31-24-26-33(27-25-31)47(40-21-10-15-32-14-4-5-16-34(32)40)41-22-11-20-36-38-28-29-43-46(39-19-8-9-23-42(39)48-43)45(38)37-18-7-6-17-35(37)44(36)41/h1-29H. The van der Waals surface area contributed by atoms with E-state index in [0.29, 0.717) is 0 Å². The Balaban J connectivity index is 1.32. The number of nitrogens with zero attached hydrogens (tertiary/aromatic N) is 1. The Labute approximate surface area is 277 Å². The highest BCUT2D eigenvalue weighted by molar-refractivity contribution is 6.36. The van der Waals surface area contributed by atoms with Gasteiger partial charge in [0.1, 0.15) is 11.2 Å². The smallest absolute Gasteiger partial charge is 0.136 e. The molecule has 48 heavy (non-hydrogen) atoms. The predicted octanol–water partition coefficient (Wildman–Crippen LogP) is 13.3. The summed E-state index contributed by atoms with van der Waals surface area (Å²) in [5.74, 6) is 0. The normalized spacial score (nSPS) is 11.8. The van der Waals surface area contributed by atoms with Gasteiger partial charge in [0.2, 0.25) is 0 Å². The number of para-hydroxylation sites is 1. The van der Waals surface area contributed by atoms with Gasteiger partial charge in [0.05, 0.1) is 11.4 Å². The van der Waals surface area contributed by atoms with Gasteiger partial charge in [-0.3, -0.25) is 0 Å². The summed E-state index contributed by atoms with van der Waals surface area (Å²) >= 11 is 0. The highest BCUT2D eigenvalue weighted by Crippen LogP contribution is 2.48. The number of anilines is 3. The lowest BCUT2D eigenvalue weighted by molar-refractivity contribution is 0.669. The minimum atomic E-state index is 0.916. The molecule has 1 heterocycles. The largest absolute Gasteiger partial charge is 0.456 e. The van der Waals surface area contributed by atoms with Crippen LogP contribution in [0.5, 0.6) is 0 Å². The van der Waals surface area contributed by atoms with E-state index >= 15 is 0 Å². The van der Waals surface area contributed by atoms with Crippen molar-refractivity contribution in [1.82, 2.24) is 0 Å². The van der Waals surface area contributed by atoms with Crippen molar-refractivity contribution >= 4 is 82.1 Å². The first-order valence-electron chi connectivity index (χ1n) is 16.4. The van der Waals surface area contributed by atoms with E-state index in [9.17, 15) is 0 Å². The maximum Gasteiger partial charge on any atom is 0.136 e. The molecule has 0 N–H and O–H groups in total. The minimum absolute atomic E-state index is 0.916. The molecule has 0 fully saturated rings. The Morgan fingerprint density at radius 2 is 0.875 bits per heavy atom. The summed E-state index contributed by atoms with van der Waals surface area (Å²) in [6.07, 6.45) is 0. The number of hydrogen-bond donors (Lipinski definition) is 0. The van der Waals surface area contributed by atoms with E-state index in [1.54, 1.807) is 0 Å². The maximum atomic E-state index is 6.37. The molecule has 0 amide bonds. The van der Waals surface area contributed by atoms with Gasteiger partial charge in [0.15, 0.2) is 0 Å².